The van der Waals surface area contributed by atoms with Gasteiger partial charge in [0, 0.05) is 12.0 Å². The second-order valence-electron chi connectivity index (χ2n) is 6.70. The molecular weight excluding hydrogens is 302 g/mol. The lowest BCUT2D eigenvalue weighted by Gasteiger charge is -2.47. The second kappa shape index (κ2) is 6.49. The first kappa shape index (κ1) is 15.5. The Balaban J connectivity index is 1.47. The molecule has 3 aliphatic rings. The highest BCUT2D eigenvalue weighted by atomic mass is 16.5. The lowest BCUT2D eigenvalue weighted by atomic mass is 9.80. The Morgan fingerprint density at radius 2 is 2.00 bits per heavy atom. The number of piperidine rings is 3. The van der Waals surface area contributed by atoms with E-state index in [9.17, 15) is 5.11 Å². The Labute approximate surface area is 142 Å². The van der Waals surface area contributed by atoms with Crippen molar-refractivity contribution in [1.82, 2.24) is 15.0 Å². The molecule has 24 heavy (non-hydrogen) atoms. The lowest BCUT2D eigenvalue weighted by Crippen LogP contribution is -2.56. The number of benzene rings is 1. The summed E-state index contributed by atoms with van der Waals surface area (Å²) in [6.45, 7) is 4.20. The minimum Gasteiger partial charge on any atom is -0.391 e. The van der Waals surface area contributed by atoms with Gasteiger partial charge in [0.2, 0.25) is 11.7 Å². The number of aliphatic hydroxyl groups excluding tert-OH is 1. The van der Waals surface area contributed by atoms with Crippen LogP contribution in [0.2, 0.25) is 0 Å². The molecule has 3 aliphatic heterocycles. The molecular formula is C19H23N3O2. The van der Waals surface area contributed by atoms with Gasteiger partial charge in [-0.05, 0) is 37.4 Å². The van der Waals surface area contributed by atoms with Crippen molar-refractivity contribution >= 4 is 6.08 Å². The molecule has 1 aromatic heterocycles. The largest absolute Gasteiger partial charge is 0.391 e. The van der Waals surface area contributed by atoms with Crippen LogP contribution in [-0.4, -0.2) is 45.4 Å². The van der Waals surface area contributed by atoms with Crippen molar-refractivity contribution < 1.29 is 9.63 Å². The molecule has 2 aromatic rings. The molecule has 1 N–H and O–H groups in total. The molecule has 0 spiro atoms. The molecule has 3 saturated heterocycles. The van der Waals surface area contributed by atoms with Crippen molar-refractivity contribution in [1.29, 1.82) is 0 Å². The fraction of sp³-hybridized carbons (Fsp3) is 0.474. The Hall–Kier alpha value is -1.98. The van der Waals surface area contributed by atoms with Crippen molar-refractivity contribution in [3.8, 4) is 11.4 Å². The summed E-state index contributed by atoms with van der Waals surface area (Å²) in [5.41, 5.74) is 2.07. The summed E-state index contributed by atoms with van der Waals surface area (Å²) >= 11 is 0. The SMILES string of the molecule is CCc1nc(-c2ccc(/C=C/C3C(O)C4CCN3CC4)cc2)no1. The fourth-order valence-electron chi connectivity index (χ4n) is 3.76. The van der Waals surface area contributed by atoms with Gasteiger partial charge in [-0.15, -0.1) is 0 Å². The third-order valence-electron chi connectivity index (χ3n) is 5.25. The van der Waals surface area contributed by atoms with Crippen LogP contribution in [0.4, 0.5) is 0 Å². The first-order valence-electron chi connectivity index (χ1n) is 8.78. The molecule has 1 aromatic carbocycles. The van der Waals surface area contributed by atoms with Crippen LogP contribution in [-0.2, 0) is 6.42 Å². The van der Waals surface area contributed by atoms with Crippen molar-refractivity contribution in [2.24, 2.45) is 5.92 Å². The maximum atomic E-state index is 10.4. The molecule has 5 rings (SSSR count). The predicted octanol–water partition coefficient (Wildman–Crippen LogP) is 2.77. The van der Waals surface area contributed by atoms with Gasteiger partial charge in [0.05, 0.1) is 12.1 Å². The fourth-order valence-corrected chi connectivity index (χ4v) is 3.76. The molecule has 0 radical (unpaired) electrons. The maximum Gasteiger partial charge on any atom is 0.226 e. The summed E-state index contributed by atoms with van der Waals surface area (Å²) in [5.74, 6) is 1.76. The summed E-state index contributed by atoms with van der Waals surface area (Å²) < 4.78 is 5.16. The van der Waals surface area contributed by atoms with E-state index in [1.807, 2.05) is 19.1 Å². The van der Waals surface area contributed by atoms with Crippen molar-refractivity contribution in [3.63, 3.8) is 0 Å². The molecule has 0 saturated carbocycles. The average molecular weight is 325 g/mol. The zero-order valence-corrected chi connectivity index (χ0v) is 13.9. The number of fused-ring (bicyclic) bond motifs is 3. The van der Waals surface area contributed by atoms with E-state index < -0.39 is 0 Å². The van der Waals surface area contributed by atoms with Gasteiger partial charge in [-0.2, -0.15) is 4.98 Å². The highest BCUT2D eigenvalue weighted by Gasteiger charge is 2.39. The van der Waals surface area contributed by atoms with Gasteiger partial charge in [0.1, 0.15) is 0 Å². The monoisotopic (exact) mass is 325 g/mol. The quantitative estimate of drug-likeness (QED) is 0.936. The van der Waals surface area contributed by atoms with Gasteiger partial charge in [-0.1, -0.05) is 48.5 Å². The Morgan fingerprint density at radius 3 is 2.62 bits per heavy atom. The van der Waals surface area contributed by atoms with Crippen LogP contribution in [0.5, 0.6) is 0 Å². The summed E-state index contributed by atoms with van der Waals surface area (Å²) in [6.07, 6.45) is 7.03. The average Bonchev–Trinajstić information content (AvgIpc) is 3.12. The second-order valence-corrected chi connectivity index (χ2v) is 6.70. The first-order chi connectivity index (χ1) is 11.7. The number of aromatic nitrogens is 2. The number of rotatable bonds is 4. The third-order valence-corrected chi connectivity index (χ3v) is 5.25. The van der Waals surface area contributed by atoms with Gasteiger partial charge in [0.15, 0.2) is 0 Å². The number of aliphatic hydroxyl groups is 1. The first-order valence-corrected chi connectivity index (χ1v) is 8.78. The summed E-state index contributed by atoms with van der Waals surface area (Å²) in [5, 5.41) is 14.4. The summed E-state index contributed by atoms with van der Waals surface area (Å²) in [7, 11) is 0. The zero-order valence-electron chi connectivity index (χ0n) is 13.9. The van der Waals surface area contributed by atoms with E-state index in [2.05, 4.69) is 39.3 Å². The standard InChI is InChI=1S/C19H23N3O2/c1-2-17-20-19(21-24-17)15-6-3-13(4-7-15)5-8-16-18(23)14-9-11-22(16)12-10-14/h3-8,14,16,18,23H,2,9-12H2,1H3/b8-5+. The minimum absolute atomic E-state index is 0.154. The van der Waals surface area contributed by atoms with E-state index in [0.29, 0.717) is 17.6 Å². The maximum absolute atomic E-state index is 10.4. The molecule has 126 valence electrons. The summed E-state index contributed by atoms with van der Waals surface area (Å²) in [6, 6.07) is 8.27. The number of hydrogen-bond donors (Lipinski definition) is 1. The normalized spacial score (nSPS) is 29.4. The van der Waals surface area contributed by atoms with Crippen LogP contribution in [0.1, 0.15) is 31.2 Å². The van der Waals surface area contributed by atoms with E-state index in [1.165, 1.54) is 0 Å². The highest BCUT2D eigenvalue weighted by Crippen LogP contribution is 2.33. The molecule has 3 fully saturated rings. The highest BCUT2D eigenvalue weighted by molar-refractivity contribution is 5.59. The van der Waals surface area contributed by atoms with Crippen molar-refractivity contribution in [2.75, 3.05) is 13.1 Å². The Bertz CT molecular complexity index is 712. The van der Waals surface area contributed by atoms with E-state index in [4.69, 9.17) is 4.52 Å². The van der Waals surface area contributed by atoms with Gasteiger partial charge >= 0.3 is 0 Å². The van der Waals surface area contributed by atoms with Gasteiger partial charge in [-0.25, -0.2) is 0 Å². The third kappa shape index (κ3) is 2.89. The smallest absolute Gasteiger partial charge is 0.226 e. The molecule has 2 unspecified atom stereocenters. The topological polar surface area (TPSA) is 62.4 Å². The molecule has 0 amide bonds. The molecule has 2 atom stereocenters. The van der Waals surface area contributed by atoms with Crippen LogP contribution in [0.25, 0.3) is 17.5 Å². The minimum atomic E-state index is -0.227. The van der Waals surface area contributed by atoms with E-state index in [-0.39, 0.29) is 12.1 Å². The van der Waals surface area contributed by atoms with Crippen LogP contribution in [0.15, 0.2) is 34.9 Å². The van der Waals surface area contributed by atoms with Crippen LogP contribution in [0, 0.1) is 5.92 Å². The van der Waals surface area contributed by atoms with E-state index in [1.54, 1.807) is 0 Å². The Morgan fingerprint density at radius 1 is 1.25 bits per heavy atom. The molecule has 5 heteroatoms. The van der Waals surface area contributed by atoms with Crippen LogP contribution < -0.4 is 0 Å². The van der Waals surface area contributed by atoms with Gasteiger partial charge in [0.25, 0.3) is 0 Å². The number of nitrogens with zero attached hydrogens (tertiary/aromatic N) is 3. The van der Waals surface area contributed by atoms with Crippen molar-refractivity contribution in [2.45, 2.75) is 38.3 Å². The zero-order chi connectivity index (χ0) is 16.5. The lowest BCUT2D eigenvalue weighted by molar-refractivity contribution is -0.0533. The van der Waals surface area contributed by atoms with Gasteiger partial charge < -0.3 is 9.63 Å². The number of aryl methyl sites for hydroxylation is 1. The molecule has 5 nitrogen and oxygen atoms in total. The van der Waals surface area contributed by atoms with Crippen LogP contribution in [0.3, 0.4) is 0 Å². The summed E-state index contributed by atoms with van der Waals surface area (Å²) in [4.78, 5) is 6.74. The van der Waals surface area contributed by atoms with E-state index >= 15 is 0 Å². The van der Waals surface area contributed by atoms with Gasteiger partial charge in [-0.3, -0.25) is 4.90 Å². The van der Waals surface area contributed by atoms with Crippen LogP contribution >= 0.6 is 0 Å². The molecule has 2 bridgehead atoms. The van der Waals surface area contributed by atoms with E-state index in [0.717, 1.165) is 43.5 Å². The number of hydrogen-bond acceptors (Lipinski definition) is 5. The van der Waals surface area contributed by atoms with Crippen molar-refractivity contribution in [3.05, 3.63) is 41.8 Å². The predicted molar refractivity (Wildman–Crippen MR) is 92.2 cm³/mol. The molecule has 4 heterocycles. The molecule has 0 aliphatic carbocycles. The Kier molecular flexibility index (Phi) is 4.21.